The number of hydrogen-bond acceptors (Lipinski definition) is 9. The first-order chi connectivity index (χ1) is 21.5. The predicted molar refractivity (Wildman–Crippen MR) is 176 cm³/mol. The van der Waals surface area contributed by atoms with E-state index >= 15 is 0 Å². The highest BCUT2D eigenvalue weighted by atomic mass is 35.5. The minimum Gasteiger partial charge on any atom is -0.466 e. The molecule has 2 amide bonds. The molecule has 0 bridgehead atoms. The van der Waals surface area contributed by atoms with Gasteiger partial charge in [0.1, 0.15) is 11.9 Å². The number of aliphatic hydroxyl groups is 1. The number of sulfonamides is 1. The van der Waals surface area contributed by atoms with Crippen molar-refractivity contribution >= 4 is 56.8 Å². The van der Waals surface area contributed by atoms with E-state index in [4.69, 9.17) is 16.0 Å². The largest absolute Gasteiger partial charge is 0.466 e. The van der Waals surface area contributed by atoms with Crippen LogP contribution in [0.25, 0.3) is 10.8 Å². The van der Waals surface area contributed by atoms with E-state index in [1.165, 1.54) is 26.9 Å². The number of esters is 1. The van der Waals surface area contributed by atoms with Crippen molar-refractivity contribution in [1.29, 1.82) is 5.41 Å². The second-order valence-corrected chi connectivity index (χ2v) is 13.3. The molecular formula is C31H45ClN6O7S. The summed E-state index contributed by atoms with van der Waals surface area (Å²) in [7, 11) is -4.28. The van der Waals surface area contributed by atoms with Gasteiger partial charge in [0.25, 0.3) is 0 Å². The van der Waals surface area contributed by atoms with Gasteiger partial charge in [-0.15, -0.1) is 12.4 Å². The molecule has 15 heteroatoms. The second kappa shape index (κ2) is 16.5. The fourth-order valence-corrected chi connectivity index (χ4v) is 7.09. The van der Waals surface area contributed by atoms with E-state index in [2.05, 4.69) is 4.72 Å². The molecule has 1 heterocycles. The lowest BCUT2D eigenvalue weighted by Crippen LogP contribution is -2.56. The predicted octanol–water partition coefficient (Wildman–Crippen LogP) is 2.02. The summed E-state index contributed by atoms with van der Waals surface area (Å²) in [5, 5.41) is 21.2. The van der Waals surface area contributed by atoms with Gasteiger partial charge >= 0.3 is 5.97 Å². The molecule has 0 aromatic heterocycles. The summed E-state index contributed by atoms with van der Waals surface area (Å²) in [5.41, 5.74) is 0. The zero-order chi connectivity index (χ0) is 32.7. The van der Waals surface area contributed by atoms with Gasteiger partial charge in [0.2, 0.25) is 21.8 Å². The molecule has 2 aliphatic rings. The Labute approximate surface area is 276 Å². The number of hydrogen-bond donors (Lipinski definition) is 4. The number of nitrogens with two attached hydrogens (primary N) is 1. The van der Waals surface area contributed by atoms with Crippen LogP contribution in [-0.4, -0.2) is 103 Å². The van der Waals surface area contributed by atoms with Gasteiger partial charge in [0.15, 0.2) is 0 Å². The third-order valence-corrected chi connectivity index (χ3v) is 9.92. The van der Waals surface area contributed by atoms with Gasteiger partial charge < -0.3 is 19.6 Å². The minimum atomic E-state index is -4.28. The van der Waals surface area contributed by atoms with Gasteiger partial charge in [-0.25, -0.2) is 14.3 Å². The summed E-state index contributed by atoms with van der Waals surface area (Å²) in [4.78, 5) is 42.9. The zero-order valence-electron chi connectivity index (χ0n) is 26.3. The normalized spacial score (nSPS) is 18.0. The first kappa shape index (κ1) is 37.2. The monoisotopic (exact) mass is 680 g/mol. The number of rotatable bonds is 15. The van der Waals surface area contributed by atoms with Crippen molar-refractivity contribution in [3.8, 4) is 0 Å². The SMILES string of the molecule is CCOC(=O)CCN(C(=O)[C@H](CC(=O)N(CCO)[C@H](C)[C@@H]1CCCN(N)C1=N)NS(=O)(=O)c1ccc2ccccc2c1)C1CC1.Cl. The third-order valence-electron chi connectivity index (χ3n) is 8.45. The molecule has 13 nitrogen and oxygen atoms in total. The Balaban J connectivity index is 0.00000576. The molecule has 2 fully saturated rings. The zero-order valence-corrected chi connectivity index (χ0v) is 27.9. The number of piperidine rings is 1. The quantitative estimate of drug-likeness (QED) is 0.161. The van der Waals surface area contributed by atoms with Crippen molar-refractivity contribution < 1.29 is 32.6 Å². The first-order valence-electron chi connectivity index (χ1n) is 15.4. The maximum Gasteiger partial charge on any atom is 0.307 e. The van der Waals surface area contributed by atoms with Gasteiger partial charge in [-0.2, -0.15) is 4.72 Å². The fraction of sp³-hybridized carbons (Fsp3) is 0.548. The molecule has 1 saturated heterocycles. The van der Waals surface area contributed by atoms with Crippen molar-refractivity contribution in [2.24, 2.45) is 11.8 Å². The highest BCUT2D eigenvalue weighted by Crippen LogP contribution is 2.29. The number of halogens is 1. The third kappa shape index (κ3) is 9.16. The number of amidine groups is 1. The molecule has 4 rings (SSSR count). The van der Waals surface area contributed by atoms with Crippen LogP contribution in [0.15, 0.2) is 47.4 Å². The summed E-state index contributed by atoms with van der Waals surface area (Å²) < 4.78 is 35.0. The maximum absolute atomic E-state index is 14.1. The smallest absolute Gasteiger partial charge is 0.307 e. The van der Waals surface area contributed by atoms with E-state index in [9.17, 15) is 27.9 Å². The summed E-state index contributed by atoms with van der Waals surface area (Å²) >= 11 is 0. The van der Waals surface area contributed by atoms with Crippen LogP contribution in [0.4, 0.5) is 0 Å². The van der Waals surface area contributed by atoms with Gasteiger partial charge in [0.05, 0.1) is 31.0 Å². The van der Waals surface area contributed by atoms with Crippen LogP contribution in [0.2, 0.25) is 0 Å². The van der Waals surface area contributed by atoms with Crippen LogP contribution in [0.1, 0.15) is 52.4 Å². The molecular weight excluding hydrogens is 636 g/mol. The van der Waals surface area contributed by atoms with Crippen LogP contribution >= 0.6 is 12.4 Å². The Bertz CT molecular complexity index is 1510. The second-order valence-electron chi connectivity index (χ2n) is 11.6. The number of benzene rings is 2. The lowest BCUT2D eigenvalue weighted by atomic mass is 9.89. The van der Waals surface area contributed by atoms with E-state index in [-0.39, 0.29) is 61.9 Å². The van der Waals surface area contributed by atoms with E-state index in [1.807, 2.05) is 12.1 Å². The van der Waals surface area contributed by atoms with E-state index in [1.54, 1.807) is 32.0 Å². The Morgan fingerprint density at radius 3 is 2.48 bits per heavy atom. The first-order valence-corrected chi connectivity index (χ1v) is 16.9. The Morgan fingerprint density at radius 1 is 1.13 bits per heavy atom. The summed E-state index contributed by atoms with van der Waals surface area (Å²) in [5.74, 6) is 4.10. The summed E-state index contributed by atoms with van der Waals surface area (Å²) in [6.07, 6.45) is 2.13. The number of aliphatic hydroxyl groups excluding tert-OH is 1. The van der Waals surface area contributed by atoms with Crippen molar-refractivity contribution in [3.05, 3.63) is 42.5 Å². The number of hydrazine groups is 1. The van der Waals surface area contributed by atoms with Crippen molar-refractivity contribution in [3.63, 3.8) is 0 Å². The van der Waals surface area contributed by atoms with E-state index < -0.39 is 52.2 Å². The van der Waals surface area contributed by atoms with Crippen molar-refractivity contribution in [1.82, 2.24) is 19.5 Å². The summed E-state index contributed by atoms with van der Waals surface area (Å²) in [6, 6.07) is 9.69. The standard InChI is InChI=1S/C31H44N6O7S.ClH/c1-3-44-29(40)14-16-36(24-11-12-24)31(41)27(34-45(42,43)25-13-10-22-7-4-5-8-23(22)19-25)20-28(39)35(17-18-38)21(2)26-9-6-15-37(33)30(26)32;/h4-5,7-8,10,13,19,21,24,26-27,32,34,38H,3,6,9,11-12,14-18,20,33H2,1-2H3;1H/t21-,26+,27+;/m1./s1. The number of carbonyl (C=O) groups excluding carboxylic acids is 3. The number of fused-ring (bicyclic) bond motifs is 1. The molecule has 2 aromatic rings. The van der Waals surface area contributed by atoms with Crippen molar-refractivity contribution in [2.45, 2.75) is 75.4 Å². The molecule has 0 spiro atoms. The van der Waals surface area contributed by atoms with Crippen LogP contribution < -0.4 is 10.6 Å². The lowest BCUT2D eigenvalue weighted by molar-refractivity contribution is -0.145. The Hall–Kier alpha value is -3.30. The fourth-order valence-electron chi connectivity index (χ4n) is 5.87. The number of carbonyl (C=O) groups is 3. The lowest BCUT2D eigenvalue weighted by Gasteiger charge is -2.40. The maximum atomic E-state index is 14.1. The van der Waals surface area contributed by atoms with Crippen LogP contribution in [0, 0.1) is 11.3 Å². The van der Waals surface area contributed by atoms with Crippen LogP contribution in [0.5, 0.6) is 0 Å². The van der Waals surface area contributed by atoms with Gasteiger partial charge in [0, 0.05) is 37.6 Å². The van der Waals surface area contributed by atoms with Crippen molar-refractivity contribution in [2.75, 3.05) is 32.8 Å². The molecule has 0 unspecified atom stereocenters. The van der Waals surface area contributed by atoms with Gasteiger partial charge in [-0.05, 0) is 62.4 Å². The molecule has 5 N–H and O–H groups in total. The number of nitrogens with zero attached hydrogens (tertiary/aromatic N) is 3. The topological polar surface area (TPSA) is 186 Å². The molecule has 254 valence electrons. The molecule has 46 heavy (non-hydrogen) atoms. The molecule has 1 saturated carbocycles. The van der Waals surface area contributed by atoms with Crippen LogP contribution in [0.3, 0.4) is 0 Å². The molecule has 0 radical (unpaired) electrons. The average Bonchev–Trinajstić information content (AvgIpc) is 3.86. The van der Waals surface area contributed by atoms with E-state index in [0.717, 1.165) is 11.8 Å². The highest BCUT2D eigenvalue weighted by Gasteiger charge is 2.40. The van der Waals surface area contributed by atoms with Crippen LogP contribution in [-0.2, 0) is 29.1 Å². The molecule has 2 aromatic carbocycles. The highest BCUT2D eigenvalue weighted by molar-refractivity contribution is 7.89. The molecule has 3 atom stereocenters. The molecule has 1 aliphatic heterocycles. The van der Waals surface area contributed by atoms with E-state index in [0.29, 0.717) is 31.2 Å². The van der Waals surface area contributed by atoms with Gasteiger partial charge in [-0.3, -0.25) is 24.8 Å². The number of nitrogens with one attached hydrogen (secondary N) is 2. The minimum absolute atomic E-state index is 0. The Morgan fingerprint density at radius 2 is 1.83 bits per heavy atom. The van der Waals surface area contributed by atoms with Gasteiger partial charge in [-0.1, -0.05) is 30.3 Å². The molecule has 1 aliphatic carbocycles. The number of amides is 2. The average molecular weight is 681 g/mol. The Kier molecular flexibility index (Phi) is 13.3. The summed E-state index contributed by atoms with van der Waals surface area (Å²) in [6.45, 7) is 3.75. The number of ether oxygens (including phenoxy) is 1.